The zero-order valence-corrected chi connectivity index (χ0v) is 32.3. The van der Waals surface area contributed by atoms with Crippen LogP contribution in [0.2, 0.25) is 0 Å². The fourth-order valence-electron chi connectivity index (χ4n) is 7.09. The quantitative estimate of drug-likeness (QED) is 0.0778. The summed E-state index contributed by atoms with van der Waals surface area (Å²) in [6.07, 6.45) is -1.78. The van der Waals surface area contributed by atoms with Gasteiger partial charge in [-0.05, 0) is 67.1 Å². The average Bonchev–Trinajstić information content (AvgIpc) is 3.24. The maximum atomic E-state index is 14.9. The SMILES string of the molecule is CCOC(=O)C[C@H]1[C@H](OC(=O)c2cc3ccccc3oc2=O)[C@@H](NC(=O)Cc2ccc(OC)cc2)c2cc(OCCCO)ccc2N1C(=O)c1ccc2ccccc2n1. The standard InChI is InChI=1S/C45H41N3O11/c1-3-56-40(51)26-37-42(59-45(54)33-24-29-10-5-7-12-38(29)58-44(33)53)41(47-39(50)23-27-13-16-30(55-2)17-14-27)32-25-31(57-22-8-21-49)18-20-36(32)48(37)43(52)35-19-15-28-9-4-6-11-34(28)46-35/h4-7,9-20,24-25,37,41-42,49H,3,8,21-23,26H2,1-2H3,(H,47,50)/t37-,41-,42-/m0/s1. The molecule has 6 aromatic rings. The van der Waals surface area contributed by atoms with Gasteiger partial charge in [-0.1, -0.05) is 54.6 Å². The monoisotopic (exact) mass is 799 g/mol. The molecular formula is C45H41N3O11. The van der Waals surface area contributed by atoms with Crippen molar-refractivity contribution in [3.63, 3.8) is 0 Å². The number of ether oxygens (including phenoxy) is 4. The topological polar surface area (TPSA) is 184 Å². The fraction of sp³-hybridized carbons (Fsp3) is 0.244. The second kappa shape index (κ2) is 18.0. The van der Waals surface area contributed by atoms with E-state index in [-0.39, 0.29) is 43.2 Å². The van der Waals surface area contributed by atoms with E-state index in [4.69, 9.17) is 23.4 Å². The first-order valence-electron chi connectivity index (χ1n) is 19.1. The van der Waals surface area contributed by atoms with E-state index in [0.29, 0.717) is 39.9 Å². The smallest absolute Gasteiger partial charge is 0.351 e. The number of aliphatic hydroxyl groups is 1. The van der Waals surface area contributed by atoms with Crippen LogP contribution in [0, 0.1) is 0 Å². The fourth-order valence-corrected chi connectivity index (χ4v) is 7.09. The first-order chi connectivity index (χ1) is 28.7. The van der Waals surface area contributed by atoms with Crippen molar-refractivity contribution in [2.45, 2.75) is 44.4 Å². The number of aliphatic hydroxyl groups excluding tert-OH is 1. The summed E-state index contributed by atoms with van der Waals surface area (Å²) in [6, 6.07) is 27.7. The normalized spacial score (nSPS) is 15.9. The number of amides is 2. The van der Waals surface area contributed by atoms with E-state index in [0.717, 1.165) is 5.39 Å². The molecule has 0 spiro atoms. The zero-order valence-electron chi connectivity index (χ0n) is 32.3. The summed E-state index contributed by atoms with van der Waals surface area (Å²) in [6.45, 7) is 1.68. The van der Waals surface area contributed by atoms with Gasteiger partial charge in [-0.15, -0.1) is 0 Å². The molecule has 14 heteroatoms. The number of esters is 2. The van der Waals surface area contributed by atoms with E-state index in [1.807, 2.05) is 12.1 Å². The van der Waals surface area contributed by atoms with Crippen molar-refractivity contribution in [1.29, 1.82) is 0 Å². The summed E-state index contributed by atoms with van der Waals surface area (Å²) >= 11 is 0. The van der Waals surface area contributed by atoms with Crippen molar-refractivity contribution in [1.82, 2.24) is 10.3 Å². The number of methoxy groups -OCH3 is 1. The molecule has 302 valence electrons. The molecule has 0 fully saturated rings. The number of rotatable bonds is 14. The van der Waals surface area contributed by atoms with Crippen LogP contribution in [0.1, 0.15) is 57.8 Å². The lowest BCUT2D eigenvalue weighted by atomic mass is 9.85. The van der Waals surface area contributed by atoms with Gasteiger partial charge in [0.1, 0.15) is 34.4 Å². The summed E-state index contributed by atoms with van der Waals surface area (Å²) in [7, 11) is 1.53. The Morgan fingerprint density at radius 2 is 1.63 bits per heavy atom. The van der Waals surface area contributed by atoms with Crippen LogP contribution in [0.15, 0.2) is 118 Å². The molecule has 2 amide bonds. The van der Waals surface area contributed by atoms with Crippen molar-refractivity contribution in [3.05, 3.63) is 142 Å². The number of aromatic nitrogens is 1. The number of hydrogen-bond acceptors (Lipinski definition) is 12. The van der Waals surface area contributed by atoms with Crippen LogP contribution in [0.3, 0.4) is 0 Å². The molecule has 59 heavy (non-hydrogen) atoms. The van der Waals surface area contributed by atoms with Gasteiger partial charge in [-0.2, -0.15) is 0 Å². The van der Waals surface area contributed by atoms with E-state index in [1.54, 1.807) is 97.9 Å². The Morgan fingerprint density at radius 1 is 0.881 bits per heavy atom. The van der Waals surface area contributed by atoms with Gasteiger partial charge in [0.25, 0.3) is 5.91 Å². The Labute approximate surface area is 338 Å². The lowest BCUT2D eigenvalue weighted by Gasteiger charge is -2.45. The molecule has 2 N–H and O–H groups in total. The Morgan fingerprint density at radius 3 is 2.39 bits per heavy atom. The van der Waals surface area contributed by atoms with Crippen LogP contribution in [0.25, 0.3) is 21.9 Å². The third-order valence-corrected chi connectivity index (χ3v) is 9.87. The summed E-state index contributed by atoms with van der Waals surface area (Å²) < 4.78 is 28.3. The number of nitrogens with zero attached hydrogens (tertiary/aromatic N) is 2. The summed E-state index contributed by atoms with van der Waals surface area (Å²) in [4.78, 5) is 76.0. The maximum absolute atomic E-state index is 14.9. The number of carbonyl (C=O) groups excluding carboxylic acids is 4. The minimum Gasteiger partial charge on any atom is -0.497 e. The highest BCUT2D eigenvalue weighted by molar-refractivity contribution is 6.08. The number of hydrogen-bond donors (Lipinski definition) is 2. The van der Waals surface area contributed by atoms with Gasteiger partial charge in [0.2, 0.25) is 5.91 Å². The van der Waals surface area contributed by atoms with Crippen molar-refractivity contribution < 1.29 is 47.6 Å². The van der Waals surface area contributed by atoms with E-state index in [9.17, 15) is 29.1 Å². The van der Waals surface area contributed by atoms with Gasteiger partial charge in [-0.3, -0.25) is 19.3 Å². The summed E-state index contributed by atoms with van der Waals surface area (Å²) in [5.41, 5.74) is 0.604. The molecule has 1 aliphatic rings. The summed E-state index contributed by atoms with van der Waals surface area (Å²) in [5, 5.41) is 13.7. The number of anilines is 1. The number of fused-ring (bicyclic) bond motifs is 3. The largest absolute Gasteiger partial charge is 0.497 e. The molecule has 0 radical (unpaired) electrons. The zero-order chi connectivity index (χ0) is 41.5. The number of para-hydroxylation sites is 2. The molecule has 0 saturated heterocycles. The lowest BCUT2D eigenvalue weighted by Crippen LogP contribution is -2.58. The molecule has 4 aromatic carbocycles. The van der Waals surface area contributed by atoms with Gasteiger partial charge in [0.05, 0.1) is 56.5 Å². The second-order valence-electron chi connectivity index (χ2n) is 13.7. The predicted octanol–water partition coefficient (Wildman–Crippen LogP) is 5.72. The average molecular weight is 800 g/mol. The molecule has 0 bridgehead atoms. The van der Waals surface area contributed by atoms with Crippen molar-refractivity contribution >= 4 is 51.3 Å². The van der Waals surface area contributed by atoms with Crippen LogP contribution in [-0.2, 0) is 25.5 Å². The van der Waals surface area contributed by atoms with Gasteiger partial charge in [-0.25, -0.2) is 14.6 Å². The molecule has 2 aromatic heterocycles. The summed E-state index contributed by atoms with van der Waals surface area (Å²) in [5.74, 6) is -2.05. The Bertz CT molecular complexity index is 2570. The molecule has 0 unspecified atom stereocenters. The highest BCUT2D eigenvalue weighted by Crippen LogP contribution is 2.43. The number of carbonyl (C=O) groups is 4. The van der Waals surface area contributed by atoms with Gasteiger partial charge in [0, 0.05) is 29.4 Å². The highest BCUT2D eigenvalue weighted by Gasteiger charge is 2.48. The molecule has 1 aliphatic heterocycles. The Balaban J connectivity index is 1.39. The van der Waals surface area contributed by atoms with E-state index in [2.05, 4.69) is 10.3 Å². The van der Waals surface area contributed by atoms with Crippen molar-refractivity contribution in [2.75, 3.05) is 31.8 Å². The molecule has 0 saturated carbocycles. The van der Waals surface area contributed by atoms with Crippen LogP contribution in [-0.4, -0.2) is 72.9 Å². The minimum absolute atomic E-state index is 0.0153. The predicted molar refractivity (Wildman–Crippen MR) is 216 cm³/mol. The first-order valence-corrected chi connectivity index (χ1v) is 19.1. The minimum atomic E-state index is -1.51. The van der Waals surface area contributed by atoms with Gasteiger partial charge >= 0.3 is 17.6 Å². The van der Waals surface area contributed by atoms with E-state index >= 15 is 0 Å². The third kappa shape index (κ3) is 8.92. The van der Waals surface area contributed by atoms with Crippen molar-refractivity contribution in [3.8, 4) is 11.5 Å². The van der Waals surface area contributed by atoms with Crippen molar-refractivity contribution in [2.24, 2.45) is 0 Å². The van der Waals surface area contributed by atoms with E-state index < -0.39 is 59.6 Å². The Kier molecular flexibility index (Phi) is 12.3. The molecule has 3 atom stereocenters. The Hall–Kier alpha value is -7.06. The van der Waals surface area contributed by atoms with Crippen LogP contribution >= 0.6 is 0 Å². The maximum Gasteiger partial charge on any atom is 0.351 e. The molecule has 3 heterocycles. The highest BCUT2D eigenvalue weighted by atomic mass is 16.6. The molecule has 0 aliphatic carbocycles. The lowest BCUT2D eigenvalue weighted by molar-refractivity contribution is -0.144. The number of pyridine rings is 1. The van der Waals surface area contributed by atoms with E-state index in [1.165, 1.54) is 18.1 Å². The second-order valence-corrected chi connectivity index (χ2v) is 13.7. The number of nitrogens with one attached hydrogen (secondary N) is 1. The third-order valence-electron chi connectivity index (χ3n) is 9.87. The molecule has 14 nitrogen and oxygen atoms in total. The molecule has 7 rings (SSSR count). The molecular weight excluding hydrogens is 759 g/mol. The van der Waals surface area contributed by atoms with Crippen LogP contribution in [0.5, 0.6) is 11.5 Å². The number of benzene rings is 4. The van der Waals surface area contributed by atoms with Crippen LogP contribution in [0.4, 0.5) is 5.69 Å². The van der Waals surface area contributed by atoms with Crippen LogP contribution < -0.4 is 25.3 Å². The van der Waals surface area contributed by atoms with Gasteiger partial charge in [0.15, 0.2) is 0 Å². The van der Waals surface area contributed by atoms with Gasteiger partial charge < -0.3 is 33.8 Å². The first kappa shape index (κ1) is 40.1.